The fourth-order valence-electron chi connectivity index (χ4n) is 9.01. The van der Waals surface area contributed by atoms with E-state index in [1.807, 2.05) is 64.1 Å². The number of alkyl halides is 6. The summed E-state index contributed by atoms with van der Waals surface area (Å²) in [5.74, 6) is -2.66. The number of nitrogens with zero attached hydrogens (tertiary/aromatic N) is 6. The van der Waals surface area contributed by atoms with Gasteiger partial charge in [-0.05, 0) is 136 Å². The van der Waals surface area contributed by atoms with Crippen molar-refractivity contribution < 1.29 is 31.1 Å². The number of hydrogen-bond donors (Lipinski definition) is 2. The molecule has 0 saturated carbocycles. The fourth-order valence-corrected chi connectivity index (χ4v) is 9.01. The fraction of sp³-hybridized carbons (Fsp3) is 0.186. The van der Waals surface area contributed by atoms with Gasteiger partial charge in [-0.2, -0.15) is 26.3 Å². The highest BCUT2D eigenvalue weighted by Crippen LogP contribution is 2.46. The molecule has 0 aliphatic heterocycles. The summed E-state index contributed by atoms with van der Waals surface area (Å²) in [6, 6.07) is 41.6. The maximum absolute atomic E-state index is 16.2. The van der Waals surface area contributed by atoms with Gasteiger partial charge in [0.1, 0.15) is 34.4 Å². The molecule has 8 rings (SSSR count). The lowest BCUT2D eigenvalue weighted by Gasteiger charge is -2.30. The molecule has 0 atom stereocenters. The number of pyridine rings is 2. The molecule has 2 heterocycles. The van der Waals surface area contributed by atoms with Crippen LogP contribution in [0.4, 0.5) is 77.9 Å². The van der Waals surface area contributed by atoms with Crippen molar-refractivity contribution in [2.24, 2.45) is 15.0 Å². The number of para-hydroxylation sites is 6. The van der Waals surface area contributed by atoms with Crippen LogP contribution in [0.1, 0.15) is 44.5 Å². The Morgan fingerprint density at radius 3 is 1.57 bits per heavy atom. The van der Waals surface area contributed by atoms with Gasteiger partial charge < -0.3 is 15.0 Å². The van der Waals surface area contributed by atoms with Gasteiger partial charge in [-0.3, -0.25) is 9.80 Å². The van der Waals surface area contributed by atoms with Gasteiger partial charge in [0.05, 0.1) is 29.9 Å². The second kappa shape index (κ2) is 21.3. The Labute approximate surface area is 426 Å². The highest BCUT2D eigenvalue weighted by Gasteiger charge is 2.44. The molecule has 8 aromatic rings. The standard InChI is InChI=1S/C59H54F6N8O/c1-35-19-12-20-36(2)51(35)69-47-31-17-33-49(67-47)72(54-39(5)23-14-24-40(54)6)56(58(60,61)62)66-45-29-11-10-27-43(45)44-28-16-30-46(74-9)53(44)71-57(59(63,64)65)73(55-41(7)25-15-26-42(55)8)50-34-18-32-48(68-50)70-52-37(3)21-13-22-38(52)4/h10-34H,1-9H3,(H,67,69)(H,68,70). The molecule has 0 aliphatic carbocycles. The van der Waals surface area contributed by atoms with Gasteiger partial charge in [0.15, 0.2) is 0 Å². The van der Waals surface area contributed by atoms with E-state index in [4.69, 9.17) is 14.7 Å². The van der Waals surface area contributed by atoms with Crippen LogP contribution in [0.15, 0.2) is 167 Å². The third-order valence-corrected chi connectivity index (χ3v) is 12.5. The van der Waals surface area contributed by atoms with Crippen LogP contribution in [0.2, 0.25) is 0 Å². The van der Waals surface area contributed by atoms with E-state index in [-0.39, 0.29) is 62.6 Å². The van der Waals surface area contributed by atoms with Crippen LogP contribution < -0.4 is 25.3 Å². The number of aromatic nitrogens is 2. The van der Waals surface area contributed by atoms with Crippen LogP contribution in [-0.2, 0) is 0 Å². The third-order valence-electron chi connectivity index (χ3n) is 12.5. The highest BCUT2D eigenvalue weighted by molar-refractivity contribution is 6.11. The molecule has 2 aromatic heterocycles. The van der Waals surface area contributed by atoms with E-state index in [9.17, 15) is 0 Å². The first-order chi connectivity index (χ1) is 35.2. The van der Waals surface area contributed by atoms with Crippen LogP contribution in [0, 0.1) is 55.4 Å². The number of amidine groups is 2. The van der Waals surface area contributed by atoms with Gasteiger partial charge in [-0.25, -0.2) is 20.0 Å². The van der Waals surface area contributed by atoms with Crippen LogP contribution in [0.5, 0.6) is 5.75 Å². The van der Waals surface area contributed by atoms with Crippen molar-refractivity contribution in [3.8, 4) is 16.9 Å². The minimum Gasteiger partial charge on any atom is -0.494 e. The van der Waals surface area contributed by atoms with Gasteiger partial charge in [0.25, 0.3) is 0 Å². The summed E-state index contributed by atoms with van der Waals surface area (Å²) < 4.78 is 103. The minimum absolute atomic E-state index is 0.00145. The summed E-state index contributed by atoms with van der Waals surface area (Å²) in [6.07, 6.45) is -10.3. The smallest absolute Gasteiger partial charge is 0.450 e. The van der Waals surface area contributed by atoms with E-state index < -0.39 is 24.0 Å². The molecule has 6 aromatic carbocycles. The summed E-state index contributed by atoms with van der Waals surface area (Å²) in [4.78, 5) is 23.6. The molecule has 0 saturated heterocycles. The van der Waals surface area contributed by atoms with Gasteiger partial charge in [0.2, 0.25) is 11.7 Å². The quantitative estimate of drug-likeness (QED) is 0.0765. The first kappa shape index (κ1) is 51.9. The normalized spacial score (nSPS) is 12.5. The average molecular weight is 1010 g/mol. The van der Waals surface area contributed by atoms with E-state index in [0.717, 1.165) is 37.7 Å². The van der Waals surface area contributed by atoms with Crippen molar-refractivity contribution in [1.29, 1.82) is 0 Å². The molecule has 0 fully saturated rings. The molecule has 0 bridgehead atoms. The SMILES string of the molecule is COc1cccc(-c2ccccc2N=C(N(c2cccc(=Nc3c(C)cccc3C)[nH]2)c2c(C)cccc2C)C(F)(F)F)c1N=C(N(c1cccc(Nc2c(C)cccc2C)n1)c1c(C)cccc1C)C(F)(F)F. The Balaban J connectivity index is 1.36. The maximum atomic E-state index is 16.2. The maximum Gasteiger partial charge on any atom is 0.450 e. The number of benzene rings is 6. The predicted molar refractivity (Wildman–Crippen MR) is 286 cm³/mol. The third kappa shape index (κ3) is 11.0. The van der Waals surface area contributed by atoms with Crippen LogP contribution >= 0.6 is 0 Å². The number of methoxy groups -OCH3 is 1. The molecule has 378 valence electrons. The molecule has 15 heteroatoms. The van der Waals surface area contributed by atoms with E-state index in [0.29, 0.717) is 27.9 Å². The molecule has 2 N–H and O–H groups in total. The molecule has 0 amide bonds. The second-order valence-electron chi connectivity index (χ2n) is 17.9. The molecular formula is C59H54F6N8O. The van der Waals surface area contributed by atoms with Crippen molar-refractivity contribution in [3.05, 3.63) is 202 Å². The molecular weight excluding hydrogens is 951 g/mol. The van der Waals surface area contributed by atoms with Crippen LogP contribution in [-0.4, -0.2) is 41.1 Å². The van der Waals surface area contributed by atoms with Gasteiger partial charge in [0, 0.05) is 16.8 Å². The molecule has 0 radical (unpaired) electrons. The number of halogens is 6. The first-order valence-corrected chi connectivity index (χ1v) is 23.7. The van der Waals surface area contributed by atoms with Crippen molar-refractivity contribution in [2.75, 3.05) is 22.2 Å². The highest BCUT2D eigenvalue weighted by atomic mass is 19.4. The number of hydrogen-bond acceptors (Lipinski definition) is 6. The zero-order chi connectivity index (χ0) is 53.1. The number of aliphatic imine (C=N–C) groups is 2. The molecule has 0 spiro atoms. The summed E-state index contributed by atoms with van der Waals surface area (Å²) in [6.45, 7) is 14.4. The Bertz CT molecular complexity index is 3440. The number of aryl methyl sites for hydroxylation is 8. The minimum atomic E-state index is -5.16. The lowest BCUT2D eigenvalue weighted by molar-refractivity contribution is -0.0605. The van der Waals surface area contributed by atoms with E-state index in [1.165, 1.54) is 55.6 Å². The zero-order valence-electron chi connectivity index (χ0n) is 42.3. The summed E-state index contributed by atoms with van der Waals surface area (Å²) in [7, 11) is 1.28. The van der Waals surface area contributed by atoms with Crippen molar-refractivity contribution in [1.82, 2.24) is 9.97 Å². The number of ether oxygens (including phenoxy) is 1. The predicted octanol–water partition coefficient (Wildman–Crippen LogP) is 16.4. The topological polar surface area (TPSA) is 93.5 Å². The summed E-state index contributed by atoms with van der Waals surface area (Å²) in [5, 5.41) is 3.29. The van der Waals surface area contributed by atoms with Crippen molar-refractivity contribution >= 4 is 63.2 Å². The van der Waals surface area contributed by atoms with Gasteiger partial charge in [-0.15, -0.1) is 0 Å². The number of nitrogens with one attached hydrogen (secondary N) is 2. The molecule has 0 aliphatic rings. The number of anilines is 6. The molecule has 74 heavy (non-hydrogen) atoms. The number of rotatable bonds is 11. The molecule has 9 nitrogen and oxygen atoms in total. The van der Waals surface area contributed by atoms with Crippen LogP contribution in [0.3, 0.4) is 0 Å². The monoisotopic (exact) mass is 1000 g/mol. The van der Waals surface area contributed by atoms with Gasteiger partial charge >= 0.3 is 12.4 Å². The number of aromatic amines is 1. The molecule has 0 unspecified atom stereocenters. The van der Waals surface area contributed by atoms with E-state index in [1.54, 1.807) is 94.4 Å². The Morgan fingerprint density at radius 2 is 0.986 bits per heavy atom. The lowest BCUT2D eigenvalue weighted by Crippen LogP contribution is -2.40. The summed E-state index contributed by atoms with van der Waals surface area (Å²) >= 11 is 0. The van der Waals surface area contributed by atoms with Gasteiger partial charge in [-0.1, -0.05) is 115 Å². The first-order valence-electron chi connectivity index (χ1n) is 23.7. The van der Waals surface area contributed by atoms with Crippen LogP contribution in [0.25, 0.3) is 11.1 Å². The zero-order valence-corrected chi connectivity index (χ0v) is 42.3. The van der Waals surface area contributed by atoms with E-state index >= 15 is 26.3 Å². The number of H-pyrrole nitrogens is 1. The average Bonchev–Trinajstić information content (AvgIpc) is 3.35. The van der Waals surface area contributed by atoms with Crippen molar-refractivity contribution in [2.45, 2.75) is 67.7 Å². The second-order valence-corrected chi connectivity index (χ2v) is 17.9. The largest absolute Gasteiger partial charge is 0.494 e. The van der Waals surface area contributed by atoms with E-state index in [2.05, 4.69) is 20.3 Å². The Hall–Kier alpha value is -8.46. The van der Waals surface area contributed by atoms with Crippen molar-refractivity contribution in [3.63, 3.8) is 0 Å². The Kier molecular flexibility index (Phi) is 15.0. The lowest BCUT2D eigenvalue weighted by atomic mass is 10.0. The summed E-state index contributed by atoms with van der Waals surface area (Å²) in [5.41, 5.74) is 7.15. The Morgan fingerprint density at radius 1 is 0.500 bits per heavy atom.